The number of ether oxygens (including phenoxy) is 2. The van der Waals surface area contributed by atoms with Crippen molar-refractivity contribution in [2.75, 3.05) is 24.7 Å². The van der Waals surface area contributed by atoms with Crippen LogP contribution in [-0.4, -0.2) is 46.8 Å². The van der Waals surface area contributed by atoms with Gasteiger partial charge < -0.3 is 18.8 Å². The summed E-state index contributed by atoms with van der Waals surface area (Å²) in [5.74, 6) is -0.743. The first-order valence-electron chi connectivity index (χ1n) is 11.7. The Bertz CT molecular complexity index is 1390. The molecule has 0 saturated carbocycles. The molecule has 0 saturated heterocycles. The van der Waals surface area contributed by atoms with Crippen molar-refractivity contribution in [2.45, 2.75) is 46.7 Å². The Kier molecular flexibility index (Phi) is 6.59. The second kappa shape index (κ2) is 9.49. The highest BCUT2D eigenvalue weighted by Gasteiger charge is 2.33. The minimum Gasteiger partial charge on any atom is -0.490 e. The van der Waals surface area contributed by atoms with Gasteiger partial charge in [0, 0.05) is 12.1 Å². The first kappa shape index (κ1) is 25.0. The molecule has 0 spiro atoms. The van der Waals surface area contributed by atoms with E-state index >= 15 is 4.39 Å². The summed E-state index contributed by atoms with van der Waals surface area (Å²) in [5.41, 5.74) is 1.40. The van der Waals surface area contributed by atoms with Gasteiger partial charge in [0.15, 0.2) is 34.9 Å². The molecule has 0 unspecified atom stereocenters. The average molecular weight is 494 g/mol. The fourth-order valence-electron chi connectivity index (χ4n) is 4.09. The zero-order valence-electron chi connectivity index (χ0n) is 20.9. The number of carbonyl (C=O) groups is 1. The predicted molar refractivity (Wildman–Crippen MR) is 132 cm³/mol. The number of benzene rings is 2. The molecular formula is C26H28FN5O4. The molecule has 2 heterocycles. The average Bonchev–Trinajstić information content (AvgIpc) is 3.36. The van der Waals surface area contributed by atoms with Gasteiger partial charge in [0.25, 0.3) is 0 Å². The molecule has 36 heavy (non-hydrogen) atoms. The molecule has 1 aromatic heterocycles. The van der Waals surface area contributed by atoms with Crippen LogP contribution >= 0.6 is 0 Å². The Morgan fingerprint density at radius 1 is 1.28 bits per heavy atom. The van der Waals surface area contributed by atoms with E-state index in [1.54, 1.807) is 38.1 Å². The fourth-order valence-corrected chi connectivity index (χ4v) is 4.09. The monoisotopic (exact) mass is 493 g/mol. The van der Waals surface area contributed by atoms with Crippen molar-refractivity contribution in [1.29, 1.82) is 10.7 Å². The summed E-state index contributed by atoms with van der Waals surface area (Å²) in [4.78, 5) is 20.4. The van der Waals surface area contributed by atoms with Crippen LogP contribution in [0.4, 0.5) is 10.4 Å². The minimum atomic E-state index is -0.657. The molecule has 3 aromatic rings. The Balaban J connectivity index is 1.58. The number of nitrogens with one attached hydrogen (secondary N) is 1. The second-order valence-corrected chi connectivity index (χ2v) is 9.33. The number of anilines is 1. The lowest BCUT2D eigenvalue weighted by molar-refractivity contribution is 0.0962. The highest BCUT2D eigenvalue weighted by atomic mass is 19.1. The van der Waals surface area contributed by atoms with E-state index in [9.17, 15) is 10.1 Å². The number of carbonyl (C=O) groups excluding carboxylic acids is 1. The van der Waals surface area contributed by atoms with Crippen LogP contribution in [0.25, 0.3) is 11.1 Å². The number of ketones is 1. The highest BCUT2D eigenvalue weighted by molar-refractivity contribution is 6.06. The molecule has 0 atom stereocenters. The third-order valence-corrected chi connectivity index (χ3v) is 5.77. The molecule has 1 aliphatic heterocycles. The normalized spacial score (nSPS) is 13.0. The van der Waals surface area contributed by atoms with Gasteiger partial charge in [-0.05, 0) is 64.4 Å². The number of hydrogen-bond donors (Lipinski definition) is 1. The Morgan fingerprint density at radius 2 is 2.00 bits per heavy atom. The summed E-state index contributed by atoms with van der Waals surface area (Å²) in [6.07, 6.45) is 2.08. The van der Waals surface area contributed by atoms with E-state index in [1.165, 1.54) is 9.80 Å². The SMILES string of the molecule is CCOc1cc2c(c(F)c1OCC)C(=N)N(CC(=O)c1ccc3oc(N(C#N)C(C)(C)C)nc3c1)C2. The number of fused-ring (bicyclic) bond motifs is 2. The van der Waals surface area contributed by atoms with Crippen LogP contribution in [-0.2, 0) is 6.54 Å². The van der Waals surface area contributed by atoms with Crippen LogP contribution in [0.3, 0.4) is 0 Å². The van der Waals surface area contributed by atoms with E-state index in [0.717, 1.165) is 0 Å². The molecule has 188 valence electrons. The number of amidine groups is 1. The number of nitrogens with zero attached hydrogens (tertiary/aromatic N) is 4. The van der Waals surface area contributed by atoms with Gasteiger partial charge in [-0.25, -0.2) is 9.29 Å². The van der Waals surface area contributed by atoms with Crippen LogP contribution < -0.4 is 14.4 Å². The maximum absolute atomic E-state index is 15.3. The number of Topliss-reactive ketones (excluding diaryl/α,β-unsaturated/α-hetero) is 1. The third-order valence-electron chi connectivity index (χ3n) is 5.77. The van der Waals surface area contributed by atoms with E-state index < -0.39 is 11.4 Å². The van der Waals surface area contributed by atoms with Gasteiger partial charge in [-0.1, -0.05) is 0 Å². The van der Waals surface area contributed by atoms with E-state index in [-0.39, 0.29) is 54.4 Å². The van der Waals surface area contributed by atoms with Gasteiger partial charge in [-0.2, -0.15) is 10.2 Å². The van der Waals surface area contributed by atoms with Crippen LogP contribution in [0.2, 0.25) is 0 Å². The maximum atomic E-state index is 15.3. The van der Waals surface area contributed by atoms with Gasteiger partial charge in [-0.15, -0.1) is 0 Å². The molecule has 9 nitrogen and oxygen atoms in total. The lowest BCUT2D eigenvalue weighted by Crippen LogP contribution is -2.37. The Labute approximate surface area is 208 Å². The summed E-state index contributed by atoms with van der Waals surface area (Å²) in [6.45, 7) is 9.79. The van der Waals surface area contributed by atoms with E-state index in [2.05, 4.69) is 11.2 Å². The molecule has 0 amide bonds. The van der Waals surface area contributed by atoms with Gasteiger partial charge in [0.05, 0.1) is 30.9 Å². The fraction of sp³-hybridized carbons (Fsp3) is 0.385. The summed E-state index contributed by atoms with van der Waals surface area (Å²) >= 11 is 0. The van der Waals surface area contributed by atoms with Gasteiger partial charge in [-0.3, -0.25) is 10.2 Å². The largest absolute Gasteiger partial charge is 0.490 e. The van der Waals surface area contributed by atoms with Crippen LogP contribution in [0.5, 0.6) is 11.5 Å². The highest BCUT2D eigenvalue weighted by Crippen LogP contribution is 2.39. The Hall–Kier alpha value is -4.13. The topological polar surface area (TPSA) is 116 Å². The summed E-state index contributed by atoms with van der Waals surface area (Å²) in [5, 5.41) is 18.0. The van der Waals surface area contributed by atoms with E-state index in [0.29, 0.717) is 28.8 Å². The van der Waals surface area contributed by atoms with Crippen LogP contribution in [0, 0.1) is 22.7 Å². The molecular weight excluding hydrogens is 465 g/mol. The predicted octanol–water partition coefficient (Wildman–Crippen LogP) is 4.87. The maximum Gasteiger partial charge on any atom is 0.312 e. The number of aromatic nitrogens is 1. The molecule has 0 fully saturated rings. The van der Waals surface area contributed by atoms with Gasteiger partial charge in [0.1, 0.15) is 11.4 Å². The lowest BCUT2D eigenvalue weighted by atomic mass is 10.1. The van der Waals surface area contributed by atoms with Crippen molar-refractivity contribution in [2.24, 2.45) is 0 Å². The molecule has 0 radical (unpaired) electrons. The first-order chi connectivity index (χ1) is 17.1. The molecule has 4 rings (SSSR count). The number of halogens is 1. The minimum absolute atomic E-state index is 0.0232. The summed E-state index contributed by atoms with van der Waals surface area (Å²) in [6, 6.07) is 6.65. The van der Waals surface area contributed by atoms with Crippen molar-refractivity contribution in [3.8, 4) is 17.7 Å². The number of nitriles is 1. The molecule has 0 bridgehead atoms. The zero-order valence-corrected chi connectivity index (χ0v) is 20.9. The number of hydrogen-bond acceptors (Lipinski definition) is 8. The molecule has 10 heteroatoms. The number of rotatable bonds is 8. The standard InChI is InChI=1S/C26H28FN5O4/c1-6-34-20-11-16-12-31(24(29)21(16)22(27)23(20)35-7-2)13-18(33)15-8-9-19-17(10-15)30-25(36-19)32(14-28)26(3,4)5/h8-11,29H,6-7,12-13H2,1-5H3. The lowest BCUT2D eigenvalue weighted by Gasteiger charge is -2.26. The van der Waals surface area contributed by atoms with Crippen molar-refractivity contribution < 1.29 is 23.1 Å². The van der Waals surface area contributed by atoms with Crippen molar-refractivity contribution >= 4 is 28.7 Å². The van der Waals surface area contributed by atoms with E-state index in [1.807, 2.05) is 20.8 Å². The van der Waals surface area contributed by atoms with Gasteiger partial charge >= 0.3 is 6.01 Å². The van der Waals surface area contributed by atoms with Crippen LogP contribution in [0.15, 0.2) is 28.7 Å². The zero-order chi connectivity index (χ0) is 26.2. The third kappa shape index (κ3) is 4.44. The van der Waals surface area contributed by atoms with Crippen molar-refractivity contribution in [3.05, 3.63) is 46.8 Å². The van der Waals surface area contributed by atoms with Gasteiger partial charge in [0.2, 0.25) is 0 Å². The van der Waals surface area contributed by atoms with E-state index in [4.69, 9.17) is 19.3 Å². The summed E-state index contributed by atoms with van der Waals surface area (Å²) < 4.78 is 32.0. The van der Waals surface area contributed by atoms with Crippen LogP contribution in [0.1, 0.15) is 56.1 Å². The quantitative estimate of drug-likeness (QED) is 0.268. The smallest absolute Gasteiger partial charge is 0.312 e. The number of oxazole rings is 1. The molecule has 1 N–H and O–H groups in total. The molecule has 0 aliphatic carbocycles. The molecule has 1 aliphatic rings. The van der Waals surface area contributed by atoms with Crippen molar-refractivity contribution in [1.82, 2.24) is 9.88 Å². The Morgan fingerprint density at radius 3 is 2.64 bits per heavy atom. The molecule has 2 aromatic carbocycles. The van der Waals surface area contributed by atoms with Crippen molar-refractivity contribution in [3.63, 3.8) is 0 Å². The summed E-state index contributed by atoms with van der Waals surface area (Å²) in [7, 11) is 0. The second-order valence-electron chi connectivity index (χ2n) is 9.33. The first-order valence-corrected chi connectivity index (χ1v) is 11.7.